The van der Waals surface area contributed by atoms with Gasteiger partial charge in [0.2, 0.25) is 5.95 Å². The Labute approximate surface area is 110 Å². The molecule has 0 aromatic carbocycles. The molecule has 0 spiro atoms. The van der Waals surface area contributed by atoms with Crippen LogP contribution in [-0.4, -0.2) is 29.7 Å². The number of rotatable bonds is 7. The van der Waals surface area contributed by atoms with E-state index in [1.165, 1.54) is 0 Å². The van der Waals surface area contributed by atoms with E-state index in [9.17, 15) is 13.2 Å². The molecule has 108 valence electrons. The highest BCUT2D eigenvalue weighted by Gasteiger charge is 2.32. The van der Waals surface area contributed by atoms with E-state index in [2.05, 4.69) is 29.1 Å². The Morgan fingerprint density at radius 1 is 1.32 bits per heavy atom. The highest BCUT2D eigenvalue weighted by molar-refractivity contribution is 5.25. The molecule has 1 rings (SSSR count). The second-order valence-corrected chi connectivity index (χ2v) is 4.48. The molecule has 0 aliphatic heterocycles. The standard InChI is InChI=1S/C12H18F3N3O/c1-9(2)4-7-19-8-6-17-11-16-5-3-10(18-11)12(13,14)15/h3,5,9H,4,6-8H2,1-2H3,(H,16,17,18). The van der Waals surface area contributed by atoms with Crippen molar-refractivity contribution >= 4 is 5.95 Å². The molecule has 0 saturated carbocycles. The maximum atomic E-state index is 12.4. The van der Waals surface area contributed by atoms with Crippen LogP contribution in [0.5, 0.6) is 0 Å². The SMILES string of the molecule is CC(C)CCOCCNc1nccc(C(F)(F)F)n1. The number of nitrogens with one attached hydrogen (secondary N) is 1. The summed E-state index contributed by atoms with van der Waals surface area (Å²) in [6.45, 7) is 5.62. The molecule has 0 atom stereocenters. The number of aromatic nitrogens is 2. The first-order valence-corrected chi connectivity index (χ1v) is 6.11. The zero-order chi connectivity index (χ0) is 14.3. The van der Waals surface area contributed by atoms with Gasteiger partial charge in [0.1, 0.15) is 5.69 Å². The molecule has 4 nitrogen and oxygen atoms in total. The quantitative estimate of drug-likeness (QED) is 0.778. The molecule has 0 unspecified atom stereocenters. The summed E-state index contributed by atoms with van der Waals surface area (Å²) in [7, 11) is 0. The Morgan fingerprint density at radius 3 is 2.68 bits per heavy atom. The highest BCUT2D eigenvalue weighted by Crippen LogP contribution is 2.27. The van der Waals surface area contributed by atoms with Crippen molar-refractivity contribution in [2.24, 2.45) is 5.92 Å². The van der Waals surface area contributed by atoms with Crippen LogP contribution in [0.2, 0.25) is 0 Å². The van der Waals surface area contributed by atoms with Crippen LogP contribution in [0.4, 0.5) is 19.1 Å². The van der Waals surface area contributed by atoms with E-state index in [1.807, 2.05) is 0 Å². The molecule has 1 N–H and O–H groups in total. The molecule has 19 heavy (non-hydrogen) atoms. The molecule has 0 amide bonds. The van der Waals surface area contributed by atoms with Crippen molar-refractivity contribution in [2.75, 3.05) is 25.1 Å². The zero-order valence-corrected chi connectivity index (χ0v) is 11.0. The fourth-order valence-corrected chi connectivity index (χ4v) is 1.26. The van der Waals surface area contributed by atoms with Gasteiger partial charge in [-0.05, 0) is 18.4 Å². The first kappa shape index (κ1) is 15.7. The van der Waals surface area contributed by atoms with Gasteiger partial charge in [-0.3, -0.25) is 0 Å². The predicted octanol–water partition coefficient (Wildman–Crippen LogP) is 2.97. The third kappa shape index (κ3) is 6.37. The lowest BCUT2D eigenvalue weighted by atomic mass is 10.1. The third-order valence-electron chi connectivity index (χ3n) is 2.32. The van der Waals surface area contributed by atoms with Crippen LogP contribution in [0, 0.1) is 5.92 Å². The van der Waals surface area contributed by atoms with Gasteiger partial charge >= 0.3 is 6.18 Å². The van der Waals surface area contributed by atoms with E-state index in [-0.39, 0.29) is 5.95 Å². The van der Waals surface area contributed by atoms with Gasteiger partial charge in [-0.15, -0.1) is 0 Å². The Balaban J connectivity index is 2.30. The molecular weight excluding hydrogens is 259 g/mol. The molecule has 0 aliphatic carbocycles. The smallest absolute Gasteiger partial charge is 0.380 e. The van der Waals surface area contributed by atoms with Crippen molar-refractivity contribution in [1.29, 1.82) is 0 Å². The van der Waals surface area contributed by atoms with Crippen molar-refractivity contribution in [3.05, 3.63) is 18.0 Å². The van der Waals surface area contributed by atoms with Gasteiger partial charge in [0.05, 0.1) is 6.61 Å². The normalized spacial score (nSPS) is 11.9. The van der Waals surface area contributed by atoms with E-state index in [0.717, 1.165) is 18.7 Å². The minimum atomic E-state index is -4.45. The van der Waals surface area contributed by atoms with Crippen LogP contribution in [-0.2, 0) is 10.9 Å². The maximum absolute atomic E-state index is 12.4. The summed E-state index contributed by atoms with van der Waals surface area (Å²) in [5, 5.41) is 2.70. The first-order chi connectivity index (χ1) is 8.89. The van der Waals surface area contributed by atoms with Crippen LogP contribution < -0.4 is 5.32 Å². The van der Waals surface area contributed by atoms with Crippen LogP contribution in [0.25, 0.3) is 0 Å². The molecule has 0 radical (unpaired) electrons. The molecular formula is C12H18F3N3O. The summed E-state index contributed by atoms with van der Waals surface area (Å²) in [5.74, 6) is 0.530. The molecule has 1 aromatic heterocycles. The molecule has 0 fully saturated rings. The Hall–Kier alpha value is -1.37. The lowest BCUT2D eigenvalue weighted by Crippen LogP contribution is -2.15. The Kier molecular flexibility index (Phi) is 6.01. The average Bonchev–Trinajstić information content (AvgIpc) is 2.32. The van der Waals surface area contributed by atoms with Crippen LogP contribution in [0.15, 0.2) is 12.3 Å². The number of nitrogens with zero attached hydrogens (tertiary/aromatic N) is 2. The minimum absolute atomic E-state index is 0.0396. The summed E-state index contributed by atoms with van der Waals surface area (Å²) in [4.78, 5) is 7.11. The molecule has 0 aliphatic rings. The van der Waals surface area contributed by atoms with Gasteiger partial charge in [-0.2, -0.15) is 13.2 Å². The van der Waals surface area contributed by atoms with Gasteiger partial charge in [0.25, 0.3) is 0 Å². The van der Waals surface area contributed by atoms with E-state index in [0.29, 0.717) is 25.7 Å². The zero-order valence-electron chi connectivity index (χ0n) is 11.0. The minimum Gasteiger partial charge on any atom is -0.380 e. The Morgan fingerprint density at radius 2 is 2.05 bits per heavy atom. The number of ether oxygens (including phenoxy) is 1. The van der Waals surface area contributed by atoms with E-state index < -0.39 is 11.9 Å². The summed E-state index contributed by atoms with van der Waals surface area (Å²) in [6.07, 6.45) is -2.41. The number of anilines is 1. The van der Waals surface area contributed by atoms with Crippen molar-refractivity contribution in [1.82, 2.24) is 9.97 Å². The van der Waals surface area contributed by atoms with Gasteiger partial charge in [-0.25, -0.2) is 9.97 Å². The van der Waals surface area contributed by atoms with Gasteiger partial charge in [0.15, 0.2) is 0 Å². The van der Waals surface area contributed by atoms with Crippen LogP contribution in [0.3, 0.4) is 0 Å². The second kappa shape index (κ2) is 7.28. The van der Waals surface area contributed by atoms with E-state index in [4.69, 9.17) is 4.74 Å². The maximum Gasteiger partial charge on any atom is 0.433 e. The summed E-state index contributed by atoms with van der Waals surface area (Å²) in [6, 6.07) is 0.838. The van der Waals surface area contributed by atoms with Crippen molar-refractivity contribution in [3.63, 3.8) is 0 Å². The molecule has 0 bridgehead atoms. The van der Waals surface area contributed by atoms with Crippen LogP contribution >= 0.6 is 0 Å². The molecule has 7 heteroatoms. The predicted molar refractivity (Wildman–Crippen MR) is 65.8 cm³/mol. The molecule has 1 aromatic rings. The summed E-state index contributed by atoms with van der Waals surface area (Å²) >= 11 is 0. The number of alkyl halides is 3. The highest BCUT2D eigenvalue weighted by atomic mass is 19.4. The molecule has 0 saturated heterocycles. The number of hydrogen-bond donors (Lipinski definition) is 1. The number of halogens is 3. The van der Waals surface area contributed by atoms with Gasteiger partial charge < -0.3 is 10.1 Å². The fourth-order valence-electron chi connectivity index (χ4n) is 1.26. The monoisotopic (exact) mass is 277 g/mol. The number of hydrogen-bond acceptors (Lipinski definition) is 4. The first-order valence-electron chi connectivity index (χ1n) is 6.11. The van der Waals surface area contributed by atoms with Crippen molar-refractivity contribution in [2.45, 2.75) is 26.4 Å². The third-order valence-corrected chi connectivity index (χ3v) is 2.32. The Bertz CT molecular complexity index is 383. The largest absolute Gasteiger partial charge is 0.433 e. The van der Waals surface area contributed by atoms with Crippen LogP contribution in [0.1, 0.15) is 26.0 Å². The van der Waals surface area contributed by atoms with E-state index in [1.54, 1.807) is 0 Å². The topological polar surface area (TPSA) is 47.0 Å². The lowest BCUT2D eigenvalue weighted by molar-refractivity contribution is -0.141. The van der Waals surface area contributed by atoms with Crippen molar-refractivity contribution in [3.8, 4) is 0 Å². The fraction of sp³-hybridized carbons (Fsp3) is 0.667. The average molecular weight is 277 g/mol. The lowest BCUT2D eigenvalue weighted by Gasteiger charge is -2.09. The van der Waals surface area contributed by atoms with Gasteiger partial charge in [-0.1, -0.05) is 13.8 Å². The summed E-state index contributed by atoms with van der Waals surface area (Å²) in [5.41, 5.74) is -0.953. The summed E-state index contributed by atoms with van der Waals surface area (Å²) < 4.78 is 42.5. The second-order valence-electron chi connectivity index (χ2n) is 4.48. The molecule has 1 heterocycles. The van der Waals surface area contributed by atoms with Crippen molar-refractivity contribution < 1.29 is 17.9 Å². The van der Waals surface area contributed by atoms with E-state index >= 15 is 0 Å². The van der Waals surface area contributed by atoms with Gasteiger partial charge in [0, 0.05) is 19.3 Å².